The van der Waals surface area contributed by atoms with Crippen LogP contribution in [0.5, 0.6) is 11.5 Å². The molecule has 452 valence electrons. The second kappa shape index (κ2) is 47.4. The minimum absolute atomic E-state index is 0.0737. The minimum Gasteiger partial charge on any atom is -0.466 e. The molecule has 0 fully saturated rings. The van der Waals surface area contributed by atoms with Gasteiger partial charge in [-0.15, -0.1) is 35.3 Å². The van der Waals surface area contributed by atoms with Crippen molar-refractivity contribution in [2.24, 2.45) is 0 Å². The van der Waals surface area contributed by atoms with E-state index < -0.39 is 26.0 Å². The first-order chi connectivity index (χ1) is 38.4. The van der Waals surface area contributed by atoms with Gasteiger partial charge in [0.1, 0.15) is 14.9 Å². The van der Waals surface area contributed by atoms with Crippen LogP contribution < -0.4 is 9.05 Å². The molecular formula is C59H98O14P2S4. The van der Waals surface area contributed by atoms with Gasteiger partial charge in [0, 0.05) is 28.8 Å². The number of ether oxygens (including phenoxy) is 4. The second-order valence-corrected chi connectivity index (χ2v) is 26.9. The molecule has 0 saturated heterocycles. The Balaban J connectivity index is 2.78. The van der Waals surface area contributed by atoms with E-state index in [1.165, 1.54) is 72.7 Å². The highest BCUT2D eigenvalue weighted by Crippen LogP contribution is 2.63. The van der Waals surface area contributed by atoms with Crippen molar-refractivity contribution >= 4 is 88.1 Å². The van der Waals surface area contributed by atoms with Crippen molar-refractivity contribution in [3.63, 3.8) is 0 Å². The normalized spacial score (nSPS) is 11.8. The largest absolute Gasteiger partial charge is 0.466 e. The summed E-state index contributed by atoms with van der Waals surface area (Å²) in [7, 11) is -5.47. The van der Waals surface area contributed by atoms with Gasteiger partial charge in [0.15, 0.2) is 0 Å². The highest BCUT2D eigenvalue weighted by molar-refractivity contribution is 8.34. The topological polar surface area (TPSA) is 205 Å². The van der Waals surface area contributed by atoms with Crippen LogP contribution in [-0.2, 0) is 43.5 Å². The monoisotopic (exact) mass is 1220 g/mol. The van der Waals surface area contributed by atoms with Crippen molar-refractivity contribution in [2.45, 2.75) is 216 Å². The minimum atomic E-state index is -2.74. The molecule has 79 heavy (non-hydrogen) atoms. The fourth-order valence-electron chi connectivity index (χ4n) is 8.81. The summed E-state index contributed by atoms with van der Waals surface area (Å²) in [5.74, 6) is 0.693. The molecule has 0 aromatic heterocycles. The summed E-state index contributed by atoms with van der Waals surface area (Å²) >= 11 is 6.11. The number of hydrogen-bond acceptors (Lipinski definition) is 18. The third kappa shape index (κ3) is 33.2. The molecule has 0 aliphatic carbocycles. The number of esters is 4. The Morgan fingerprint density at radius 3 is 0.937 bits per heavy atom. The van der Waals surface area contributed by atoms with Crippen molar-refractivity contribution in [3.05, 3.63) is 59.7 Å². The van der Waals surface area contributed by atoms with Crippen LogP contribution in [0.15, 0.2) is 48.5 Å². The summed E-state index contributed by atoms with van der Waals surface area (Å²) in [5.41, 5.74) is 0.358. The van der Waals surface area contributed by atoms with Gasteiger partial charge in [-0.3, -0.25) is 19.2 Å². The second-order valence-electron chi connectivity index (χ2n) is 19.7. The third-order valence-corrected chi connectivity index (χ3v) is 20.6. The molecule has 0 radical (unpaired) electrons. The van der Waals surface area contributed by atoms with Crippen LogP contribution >= 0.6 is 64.3 Å². The van der Waals surface area contributed by atoms with Gasteiger partial charge in [-0.2, -0.15) is 11.8 Å². The van der Waals surface area contributed by atoms with E-state index in [2.05, 4.69) is 27.7 Å². The molecular weight excluding hydrogens is 1120 g/mol. The van der Waals surface area contributed by atoms with Crippen molar-refractivity contribution in [1.82, 2.24) is 0 Å². The van der Waals surface area contributed by atoms with Gasteiger partial charge in [-0.25, -0.2) is 0 Å². The fourth-order valence-corrected chi connectivity index (χ4v) is 16.8. The Hall–Kier alpha value is -1.98. The van der Waals surface area contributed by atoms with E-state index in [0.717, 1.165) is 140 Å². The number of thioether (sulfide) groups is 4. The molecule has 0 aliphatic rings. The van der Waals surface area contributed by atoms with Gasteiger partial charge in [-0.05, 0) is 61.1 Å². The number of rotatable bonds is 52. The highest BCUT2D eigenvalue weighted by Gasteiger charge is 2.55. The Bertz CT molecular complexity index is 1720. The van der Waals surface area contributed by atoms with Gasteiger partial charge >= 0.3 is 41.1 Å². The van der Waals surface area contributed by atoms with E-state index in [1.807, 2.05) is 24.3 Å². The zero-order valence-corrected chi connectivity index (χ0v) is 53.2. The predicted molar refractivity (Wildman–Crippen MR) is 331 cm³/mol. The molecule has 0 bridgehead atoms. The lowest BCUT2D eigenvalue weighted by Gasteiger charge is -2.50. The SMILES string of the molecule is CCCCCCCCOC(=O)CCSCC(c1ccc(OP(O)O)cc1)(c1ccc(OP(O)O)cc1)C(SCCC(=O)OCCCCCCCC)(SCCC(=O)OCCCCCCCC)SCCC(=O)OCCCCCCCC. The van der Waals surface area contributed by atoms with Crippen LogP contribution in [0.3, 0.4) is 0 Å². The first kappa shape index (κ1) is 73.1. The van der Waals surface area contributed by atoms with E-state index >= 15 is 0 Å². The summed E-state index contributed by atoms with van der Waals surface area (Å²) in [6, 6.07) is 14.0. The molecule has 0 aliphatic heterocycles. The molecule has 0 amide bonds. The quantitative estimate of drug-likeness (QED) is 0.0160. The summed E-state index contributed by atoms with van der Waals surface area (Å²) in [5, 5.41) is 0. The average Bonchev–Trinajstić information content (AvgIpc) is 3.45. The summed E-state index contributed by atoms with van der Waals surface area (Å²) in [4.78, 5) is 93.6. The smallest absolute Gasteiger partial charge is 0.391 e. The van der Waals surface area contributed by atoms with Crippen LogP contribution in [-0.4, -0.2) is 102 Å². The van der Waals surface area contributed by atoms with E-state index in [4.69, 9.17) is 28.0 Å². The van der Waals surface area contributed by atoms with Crippen LogP contribution in [0.2, 0.25) is 0 Å². The van der Waals surface area contributed by atoms with E-state index in [1.54, 1.807) is 24.3 Å². The molecule has 0 atom stereocenters. The molecule has 0 spiro atoms. The van der Waals surface area contributed by atoms with Crippen LogP contribution in [0.4, 0.5) is 0 Å². The van der Waals surface area contributed by atoms with Gasteiger partial charge in [0.25, 0.3) is 0 Å². The number of unbranched alkanes of at least 4 members (excludes halogenated alkanes) is 20. The van der Waals surface area contributed by atoms with Crippen molar-refractivity contribution in [1.29, 1.82) is 0 Å². The maximum absolute atomic E-state index is 13.6. The van der Waals surface area contributed by atoms with Crippen LogP contribution in [0.1, 0.15) is 219 Å². The molecule has 4 N–H and O–H groups in total. The van der Waals surface area contributed by atoms with E-state index in [0.29, 0.717) is 55.2 Å². The Morgan fingerprint density at radius 2 is 0.658 bits per heavy atom. The van der Waals surface area contributed by atoms with Gasteiger partial charge in [0.2, 0.25) is 0 Å². The lowest BCUT2D eigenvalue weighted by molar-refractivity contribution is -0.144. The molecule has 20 heteroatoms. The van der Waals surface area contributed by atoms with Crippen LogP contribution in [0.25, 0.3) is 0 Å². The van der Waals surface area contributed by atoms with E-state index in [9.17, 15) is 38.8 Å². The van der Waals surface area contributed by atoms with Crippen molar-refractivity contribution in [2.75, 3.05) is 55.2 Å². The highest BCUT2D eigenvalue weighted by atomic mass is 32.3. The average molecular weight is 1220 g/mol. The molecule has 2 aromatic carbocycles. The van der Waals surface area contributed by atoms with Crippen molar-refractivity contribution in [3.8, 4) is 11.5 Å². The molecule has 2 aromatic rings. The molecule has 2 rings (SSSR count). The summed E-state index contributed by atoms with van der Waals surface area (Å²) in [6.07, 6.45) is 25.7. The van der Waals surface area contributed by atoms with Crippen molar-refractivity contribution < 1.29 is 66.7 Å². The first-order valence-electron chi connectivity index (χ1n) is 29.4. The number of carbonyl (C=O) groups is 4. The molecule has 0 heterocycles. The maximum Gasteiger partial charge on any atom is 0.391 e. The van der Waals surface area contributed by atoms with Gasteiger partial charge in [0.05, 0.1) is 57.5 Å². The summed E-state index contributed by atoms with van der Waals surface area (Å²) in [6.45, 7) is 10.0. The van der Waals surface area contributed by atoms with E-state index in [-0.39, 0.29) is 61.1 Å². The maximum atomic E-state index is 13.6. The van der Waals surface area contributed by atoms with Gasteiger partial charge < -0.3 is 47.6 Å². The Morgan fingerprint density at radius 1 is 0.392 bits per heavy atom. The number of hydrogen-bond donors (Lipinski definition) is 4. The number of carbonyl (C=O) groups excluding carboxylic acids is 4. The first-order valence-corrected chi connectivity index (χ1v) is 35.8. The zero-order valence-electron chi connectivity index (χ0n) is 48.2. The lowest BCUT2D eigenvalue weighted by atomic mass is 9.77. The Kier molecular flexibility index (Phi) is 43.9. The molecule has 0 unspecified atom stereocenters. The fraction of sp³-hybridized carbons (Fsp3) is 0.729. The number of benzene rings is 2. The Labute approximate surface area is 494 Å². The standard InChI is InChI=1S/C59H98O14P2S4/c1-5-9-13-17-21-25-41-68-54(60)37-45-76-49-58(50-29-33-52(34-30-50)72-74(64)65,51-31-35-53(36-32-51)73-75(66)67)59(77-46-38-55(61)69-42-26-22-18-14-10-6-2,78-47-39-56(62)70-43-27-23-19-15-11-7-3)79-48-40-57(63)71-44-28-24-20-16-12-8-4/h29-36,64-67H,5-28,37-49H2,1-4H3. The third-order valence-electron chi connectivity index (χ3n) is 13.2. The summed E-state index contributed by atoms with van der Waals surface area (Å²) < 4.78 is 32.8. The zero-order chi connectivity index (χ0) is 57.7. The lowest BCUT2D eigenvalue weighted by Crippen LogP contribution is -2.49. The molecule has 0 saturated carbocycles. The van der Waals surface area contributed by atoms with Crippen LogP contribution in [0, 0.1) is 0 Å². The molecule has 14 nitrogen and oxygen atoms in total. The van der Waals surface area contributed by atoms with Gasteiger partial charge in [-0.1, -0.05) is 180 Å². The predicted octanol–water partition coefficient (Wildman–Crippen LogP) is 15.9.